The lowest BCUT2D eigenvalue weighted by atomic mass is 10.3. The molecule has 0 spiro atoms. The van der Waals surface area contributed by atoms with E-state index in [9.17, 15) is 10.1 Å². The number of halogens is 2. The fraction of sp³-hybridized carbons (Fsp3) is 0. The second-order valence-electron chi connectivity index (χ2n) is 3.43. The first-order chi connectivity index (χ1) is 8.56. The van der Waals surface area contributed by atoms with Crippen molar-refractivity contribution in [1.82, 2.24) is 0 Å². The first kappa shape index (κ1) is 12.7. The zero-order valence-corrected chi connectivity index (χ0v) is 10.5. The second-order valence-corrected chi connectivity index (χ2v) is 4.24. The molecule has 0 saturated heterocycles. The third kappa shape index (κ3) is 2.91. The van der Waals surface area contributed by atoms with E-state index in [0.717, 1.165) is 0 Å². The Labute approximate surface area is 113 Å². The lowest BCUT2D eigenvalue weighted by molar-refractivity contribution is -0.384. The number of non-ortho nitro benzene ring substituents is 1. The molecular weight excluding hydrogens is 277 g/mol. The predicted octanol–water partition coefficient (Wildman–Crippen LogP) is 4.69. The zero-order chi connectivity index (χ0) is 13.1. The second kappa shape index (κ2) is 5.25. The number of hydrogen-bond donors (Lipinski definition) is 0. The first-order valence-corrected chi connectivity index (χ1v) is 5.69. The highest BCUT2D eigenvalue weighted by Crippen LogP contribution is 2.29. The van der Waals surface area contributed by atoms with Gasteiger partial charge in [0.15, 0.2) is 0 Å². The van der Waals surface area contributed by atoms with Crippen LogP contribution in [0.4, 0.5) is 5.69 Å². The van der Waals surface area contributed by atoms with Crippen LogP contribution in [-0.4, -0.2) is 4.92 Å². The van der Waals surface area contributed by atoms with Gasteiger partial charge in [-0.2, -0.15) is 0 Å². The SMILES string of the molecule is O=[N+]([O-])c1ccc(Oc2ccc(Cl)c(Cl)c2)cc1. The van der Waals surface area contributed by atoms with E-state index >= 15 is 0 Å². The van der Waals surface area contributed by atoms with Crippen molar-refractivity contribution in [1.29, 1.82) is 0 Å². The molecule has 0 unspecified atom stereocenters. The van der Waals surface area contributed by atoms with Crippen LogP contribution in [0.2, 0.25) is 10.0 Å². The van der Waals surface area contributed by atoms with Crippen LogP contribution in [0, 0.1) is 10.1 Å². The molecule has 0 aromatic heterocycles. The van der Waals surface area contributed by atoms with Gasteiger partial charge in [0.25, 0.3) is 5.69 Å². The number of hydrogen-bond acceptors (Lipinski definition) is 3. The van der Waals surface area contributed by atoms with Gasteiger partial charge in [-0.15, -0.1) is 0 Å². The first-order valence-electron chi connectivity index (χ1n) is 4.93. The third-order valence-corrected chi connectivity index (χ3v) is 2.91. The van der Waals surface area contributed by atoms with E-state index < -0.39 is 4.92 Å². The maximum atomic E-state index is 10.5. The largest absolute Gasteiger partial charge is 0.457 e. The average molecular weight is 284 g/mol. The molecule has 0 aliphatic rings. The van der Waals surface area contributed by atoms with E-state index in [1.54, 1.807) is 18.2 Å². The fourth-order valence-electron chi connectivity index (χ4n) is 1.31. The van der Waals surface area contributed by atoms with Crippen LogP contribution in [0.5, 0.6) is 11.5 Å². The summed E-state index contributed by atoms with van der Waals surface area (Å²) in [5.41, 5.74) is 0.0106. The Morgan fingerprint density at radius 2 is 1.56 bits per heavy atom. The summed E-state index contributed by atoms with van der Waals surface area (Å²) < 4.78 is 5.48. The van der Waals surface area contributed by atoms with E-state index in [1.807, 2.05) is 0 Å². The Hall–Kier alpha value is -1.78. The fourth-order valence-corrected chi connectivity index (χ4v) is 1.60. The Balaban J connectivity index is 2.18. The Bertz CT molecular complexity index is 584. The molecule has 0 bridgehead atoms. The van der Waals surface area contributed by atoms with Gasteiger partial charge in [0.05, 0.1) is 15.0 Å². The Kier molecular flexibility index (Phi) is 3.69. The van der Waals surface area contributed by atoms with Crippen molar-refractivity contribution in [3.05, 3.63) is 62.6 Å². The van der Waals surface area contributed by atoms with Crippen molar-refractivity contribution in [2.45, 2.75) is 0 Å². The zero-order valence-electron chi connectivity index (χ0n) is 8.97. The molecule has 0 amide bonds. The van der Waals surface area contributed by atoms with Gasteiger partial charge >= 0.3 is 0 Å². The van der Waals surface area contributed by atoms with E-state index in [0.29, 0.717) is 21.5 Å². The van der Waals surface area contributed by atoms with Crippen molar-refractivity contribution in [2.24, 2.45) is 0 Å². The quantitative estimate of drug-likeness (QED) is 0.606. The molecule has 0 aliphatic heterocycles. The van der Waals surface area contributed by atoms with Gasteiger partial charge in [-0.3, -0.25) is 10.1 Å². The van der Waals surface area contributed by atoms with Gasteiger partial charge in [0, 0.05) is 18.2 Å². The molecule has 0 atom stereocenters. The van der Waals surface area contributed by atoms with Crippen LogP contribution in [0.3, 0.4) is 0 Å². The summed E-state index contributed by atoms with van der Waals surface area (Å²) in [6, 6.07) is 10.6. The third-order valence-electron chi connectivity index (χ3n) is 2.17. The molecular formula is C12H7Cl2NO3. The number of rotatable bonds is 3. The van der Waals surface area contributed by atoms with E-state index in [1.165, 1.54) is 24.3 Å². The number of benzene rings is 2. The molecule has 92 valence electrons. The molecule has 0 radical (unpaired) electrons. The van der Waals surface area contributed by atoms with Crippen LogP contribution >= 0.6 is 23.2 Å². The van der Waals surface area contributed by atoms with Gasteiger partial charge in [0.2, 0.25) is 0 Å². The number of nitro groups is 1. The van der Waals surface area contributed by atoms with Crippen LogP contribution in [0.25, 0.3) is 0 Å². The van der Waals surface area contributed by atoms with Crippen molar-refractivity contribution in [2.75, 3.05) is 0 Å². The number of nitrogens with zero attached hydrogens (tertiary/aromatic N) is 1. The molecule has 0 aliphatic carbocycles. The van der Waals surface area contributed by atoms with Crippen molar-refractivity contribution in [3.8, 4) is 11.5 Å². The molecule has 0 fully saturated rings. The predicted molar refractivity (Wildman–Crippen MR) is 69.6 cm³/mol. The summed E-state index contributed by atoms with van der Waals surface area (Å²) in [6.07, 6.45) is 0. The number of nitro benzene ring substituents is 1. The smallest absolute Gasteiger partial charge is 0.269 e. The summed E-state index contributed by atoms with van der Waals surface area (Å²) in [5.74, 6) is 0.997. The van der Waals surface area contributed by atoms with Crippen LogP contribution in [-0.2, 0) is 0 Å². The average Bonchev–Trinajstić information content (AvgIpc) is 2.34. The molecule has 2 aromatic rings. The molecule has 18 heavy (non-hydrogen) atoms. The molecule has 6 heteroatoms. The van der Waals surface area contributed by atoms with Crippen LogP contribution < -0.4 is 4.74 Å². The molecule has 0 saturated carbocycles. The molecule has 2 rings (SSSR count). The van der Waals surface area contributed by atoms with Crippen LogP contribution in [0.1, 0.15) is 0 Å². The summed E-state index contributed by atoms with van der Waals surface area (Å²) in [6.45, 7) is 0. The highest BCUT2D eigenvalue weighted by Gasteiger charge is 2.06. The van der Waals surface area contributed by atoms with Crippen molar-refractivity contribution >= 4 is 28.9 Å². The standard InChI is InChI=1S/C12H7Cl2NO3/c13-11-6-5-10(7-12(11)14)18-9-3-1-8(2-4-9)15(16)17/h1-7H. The lowest BCUT2D eigenvalue weighted by Crippen LogP contribution is -1.88. The summed E-state index contributed by atoms with van der Waals surface area (Å²) in [4.78, 5) is 10.0. The summed E-state index contributed by atoms with van der Waals surface area (Å²) in [7, 11) is 0. The Morgan fingerprint density at radius 1 is 0.944 bits per heavy atom. The van der Waals surface area contributed by atoms with E-state index in [4.69, 9.17) is 27.9 Å². The minimum Gasteiger partial charge on any atom is -0.457 e. The Morgan fingerprint density at radius 3 is 2.11 bits per heavy atom. The van der Waals surface area contributed by atoms with Crippen molar-refractivity contribution < 1.29 is 9.66 Å². The van der Waals surface area contributed by atoms with Crippen molar-refractivity contribution in [3.63, 3.8) is 0 Å². The topological polar surface area (TPSA) is 52.4 Å². The highest BCUT2D eigenvalue weighted by atomic mass is 35.5. The molecule has 0 heterocycles. The monoisotopic (exact) mass is 283 g/mol. The van der Waals surface area contributed by atoms with Gasteiger partial charge in [-0.05, 0) is 24.3 Å². The molecule has 4 nitrogen and oxygen atoms in total. The van der Waals surface area contributed by atoms with Gasteiger partial charge in [-0.25, -0.2) is 0 Å². The van der Waals surface area contributed by atoms with E-state index in [-0.39, 0.29) is 5.69 Å². The minimum atomic E-state index is -0.469. The van der Waals surface area contributed by atoms with Crippen LogP contribution in [0.15, 0.2) is 42.5 Å². The molecule has 0 N–H and O–H groups in total. The lowest BCUT2D eigenvalue weighted by Gasteiger charge is -2.06. The minimum absolute atomic E-state index is 0.0106. The van der Waals surface area contributed by atoms with Gasteiger partial charge in [0.1, 0.15) is 11.5 Å². The van der Waals surface area contributed by atoms with Gasteiger partial charge < -0.3 is 4.74 Å². The maximum Gasteiger partial charge on any atom is 0.269 e. The number of ether oxygens (including phenoxy) is 1. The summed E-state index contributed by atoms with van der Waals surface area (Å²) >= 11 is 11.6. The van der Waals surface area contributed by atoms with Gasteiger partial charge in [-0.1, -0.05) is 23.2 Å². The van der Waals surface area contributed by atoms with E-state index in [2.05, 4.69) is 0 Å². The normalized spacial score (nSPS) is 10.1. The molecule has 2 aromatic carbocycles. The highest BCUT2D eigenvalue weighted by molar-refractivity contribution is 6.42. The maximum absolute atomic E-state index is 10.5. The summed E-state index contributed by atoms with van der Waals surface area (Å²) in [5, 5.41) is 11.3.